The van der Waals surface area contributed by atoms with E-state index in [9.17, 15) is 4.79 Å². The van der Waals surface area contributed by atoms with Crippen molar-refractivity contribution >= 4 is 11.6 Å². The Labute approximate surface area is 125 Å². The zero-order chi connectivity index (χ0) is 14.9. The fourth-order valence-corrected chi connectivity index (χ4v) is 2.27. The van der Waals surface area contributed by atoms with Crippen molar-refractivity contribution in [1.29, 1.82) is 0 Å². The van der Waals surface area contributed by atoms with E-state index in [2.05, 4.69) is 5.32 Å². The van der Waals surface area contributed by atoms with E-state index in [-0.39, 0.29) is 5.91 Å². The molecule has 1 aromatic rings. The molecule has 1 heterocycles. The molecule has 1 saturated heterocycles. The summed E-state index contributed by atoms with van der Waals surface area (Å²) in [6.45, 7) is 2.70. The summed E-state index contributed by atoms with van der Waals surface area (Å²) in [7, 11) is 0. The normalized spacial score (nSPS) is 15.9. The molecule has 1 aliphatic heterocycles. The highest BCUT2D eigenvalue weighted by molar-refractivity contribution is 5.90. The predicted octanol–water partition coefficient (Wildman–Crippen LogP) is 2.06. The minimum atomic E-state index is 0.0195. The van der Waals surface area contributed by atoms with Crippen LogP contribution in [0.1, 0.15) is 31.2 Å². The summed E-state index contributed by atoms with van der Waals surface area (Å²) in [6, 6.07) is 7.59. The number of nitrogens with two attached hydrogens (primary N) is 1. The molecular weight excluding hydrogens is 268 g/mol. The molecule has 3 N–H and O–H groups in total. The van der Waals surface area contributed by atoms with Gasteiger partial charge in [-0.3, -0.25) is 4.79 Å². The van der Waals surface area contributed by atoms with Crippen LogP contribution in [-0.4, -0.2) is 31.8 Å². The average molecular weight is 292 g/mol. The van der Waals surface area contributed by atoms with Crippen LogP contribution in [0.3, 0.4) is 0 Å². The van der Waals surface area contributed by atoms with Crippen molar-refractivity contribution in [2.75, 3.05) is 25.1 Å². The molecule has 0 unspecified atom stereocenters. The van der Waals surface area contributed by atoms with Crippen LogP contribution in [0.25, 0.3) is 0 Å². The number of carbonyl (C=O) groups is 1. The van der Waals surface area contributed by atoms with Gasteiger partial charge in [0.05, 0.1) is 6.10 Å². The number of hydrogen-bond donors (Lipinski definition) is 2. The number of anilines is 1. The molecule has 21 heavy (non-hydrogen) atoms. The topological polar surface area (TPSA) is 73.6 Å². The van der Waals surface area contributed by atoms with E-state index in [1.807, 2.05) is 24.3 Å². The predicted molar refractivity (Wildman–Crippen MR) is 82.0 cm³/mol. The molecule has 5 heteroatoms. The van der Waals surface area contributed by atoms with Crippen LogP contribution in [0.5, 0.6) is 0 Å². The molecule has 2 rings (SSSR count). The zero-order valence-electron chi connectivity index (χ0n) is 12.3. The summed E-state index contributed by atoms with van der Waals surface area (Å²) in [5.41, 5.74) is 7.40. The molecule has 0 aliphatic carbocycles. The Balaban J connectivity index is 1.60. The first-order valence-electron chi connectivity index (χ1n) is 7.56. The van der Waals surface area contributed by atoms with Gasteiger partial charge in [-0.15, -0.1) is 0 Å². The van der Waals surface area contributed by atoms with Crippen molar-refractivity contribution in [2.24, 2.45) is 5.73 Å². The van der Waals surface area contributed by atoms with Crippen LogP contribution in [-0.2, 0) is 20.8 Å². The van der Waals surface area contributed by atoms with E-state index in [1.54, 1.807) is 0 Å². The molecule has 0 saturated carbocycles. The highest BCUT2D eigenvalue weighted by atomic mass is 16.5. The standard InChI is InChI=1S/C16H24N2O3/c17-12-13-3-5-14(6-4-13)18-16(19)2-1-9-21-15-7-10-20-11-8-15/h3-6,15H,1-2,7-12,17H2,(H,18,19). The first kappa shape index (κ1) is 15.9. The quantitative estimate of drug-likeness (QED) is 0.754. The number of ether oxygens (including phenoxy) is 2. The zero-order valence-corrected chi connectivity index (χ0v) is 12.3. The molecular formula is C16H24N2O3. The lowest BCUT2D eigenvalue weighted by atomic mass is 10.1. The van der Waals surface area contributed by atoms with Gasteiger partial charge in [0.1, 0.15) is 0 Å². The number of nitrogens with one attached hydrogen (secondary N) is 1. The summed E-state index contributed by atoms with van der Waals surface area (Å²) in [4.78, 5) is 11.8. The van der Waals surface area contributed by atoms with E-state index < -0.39 is 0 Å². The molecule has 5 nitrogen and oxygen atoms in total. The first-order valence-corrected chi connectivity index (χ1v) is 7.56. The fraction of sp³-hybridized carbons (Fsp3) is 0.562. The molecule has 0 spiro atoms. The number of benzene rings is 1. The molecule has 0 atom stereocenters. The van der Waals surface area contributed by atoms with Gasteiger partial charge < -0.3 is 20.5 Å². The molecule has 1 amide bonds. The first-order chi connectivity index (χ1) is 10.3. The monoisotopic (exact) mass is 292 g/mol. The largest absolute Gasteiger partial charge is 0.381 e. The second kappa shape index (κ2) is 8.77. The van der Waals surface area contributed by atoms with Crippen LogP contribution < -0.4 is 11.1 Å². The molecule has 1 fully saturated rings. The van der Waals surface area contributed by atoms with E-state index >= 15 is 0 Å². The number of rotatable bonds is 7. The lowest BCUT2D eigenvalue weighted by Crippen LogP contribution is -2.24. The third-order valence-electron chi connectivity index (χ3n) is 3.54. The maximum absolute atomic E-state index is 11.8. The van der Waals surface area contributed by atoms with E-state index in [0.717, 1.165) is 43.7 Å². The van der Waals surface area contributed by atoms with Gasteiger partial charge in [-0.2, -0.15) is 0 Å². The smallest absolute Gasteiger partial charge is 0.224 e. The van der Waals surface area contributed by atoms with Gasteiger partial charge >= 0.3 is 0 Å². The summed E-state index contributed by atoms with van der Waals surface area (Å²) >= 11 is 0. The Hall–Kier alpha value is -1.43. The fourth-order valence-electron chi connectivity index (χ4n) is 2.27. The van der Waals surface area contributed by atoms with Gasteiger partial charge in [-0.25, -0.2) is 0 Å². The van der Waals surface area contributed by atoms with Crippen molar-refractivity contribution in [3.05, 3.63) is 29.8 Å². The molecule has 116 valence electrons. The highest BCUT2D eigenvalue weighted by Crippen LogP contribution is 2.12. The number of carbonyl (C=O) groups excluding carboxylic acids is 1. The average Bonchev–Trinajstić information content (AvgIpc) is 2.53. The number of hydrogen-bond acceptors (Lipinski definition) is 4. The van der Waals surface area contributed by atoms with Crippen LogP contribution in [0, 0.1) is 0 Å². The molecule has 1 aliphatic rings. The van der Waals surface area contributed by atoms with Crippen molar-refractivity contribution in [3.8, 4) is 0 Å². The lowest BCUT2D eigenvalue weighted by molar-refractivity contribution is -0.116. The van der Waals surface area contributed by atoms with Crippen molar-refractivity contribution < 1.29 is 14.3 Å². The Bertz CT molecular complexity index is 428. The van der Waals surface area contributed by atoms with Gasteiger partial charge in [0, 0.05) is 38.5 Å². The van der Waals surface area contributed by atoms with E-state index in [0.29, 0.717) is 25.7 Å². The maximum atomic E-state index is 11.8. The van der Waals surface area contributed by atoms with Crippen LogP contribution in [0.2, 0.25) is 0 Å². The lowest BCUT2D eigenvalue weighted by Gasteiger charge is -2.22. The van der Waals surface area contributed by atoms with Crippen LogP contribution >= 0.6 is 0 Å². The Kier molecular flexibility index (Phi) is 6.66. The van der Waals surface area contributed by atoms with Gasteiger partial charge in [0.15, 0.2) is 0 Å². The van der Waals surface area contributed by atoms with Crippen molar-refractivity contribution in [2.45, 2.75) is 38.3 Å². The third kappa shape index (κ3) is 5.83. The molecule has 0 bridgehead atoms. The van der Waals surface area contributed by atoms with Crippen LogP contribution in [0.4, 0.5) is 5.69 Å². The molecule has 1 aromatic carbocycles. The minimum absolute atomic E-state index is 0.0195. The van der Waals surface area contributed by atoms with Crippen LogP contribution in [0.15, 0.2) is 24.3 Å². The summed E-state index contributed by atoms with van der Waals surface area (Å²) in [5.74, 6) is 0.0195. The summed E-state index contributed by atoms with van der Waals surface area (Å²) < 4.78 is 11.0. The van der Waals surface area contributed by atoms with Gasteiger partial charge in [-0.1, -0.05) is 12.1 Å². The van der Waals surface area contributed by atoms with Crippen molar-refractivity contribution in [3.63, 3.8) is 0 Å². The van der Waals surface area contributed by atoms with E-state index in [1.165, 1.54) is 0 Å². The molecule has 0 aromatic heterocycles. The van der Waals surface area contributed by atoms with Gasteiger partial charge in [0.25, 0.3) is 0 Å². The van der Waals surface area contributed by atoms with E-state index in [4.69, 9.17) is 15.2 Å². The van der Waals surface area contributed by atoms with Gasteiger partial charge in [0.2, 0.25) is 5.91 Å². The Morgan fingerprint density at radius 1 is 1.29 bits per heavy atom. The van der Waals surface area contributed by atoms with Crippen molar-refractivity contribution in [1.82, 2.24) is 0 Å². The Morgan fingerprint density at radius 2 is 2.00 bits per heavy atom. The summed E-state index contributed by atoms with van der Waals surface area (Å²) in [6.07, 6.45) is 3.43. The second-order valence-electron chi connectivity index (χ2n) is 5.24. The SMILES string of the molecule is NCc1ccc(NC(=O)CCCOC2CCOCC2)cc1. The maximum Gasteiger partial charge on any atom is 0.224 e. The van der Waals surface area contributed by atoms with Gasteiger partial charge in [-0.05, 0) is 37.0 Å². The Morgan fingerprint density at radius 3 is 2.67 bits per heavy atom. The third-order valence-corrected chi connectivity index (χ3v) is 3.54. The molecule has 0 radical (unpaired) electrons. The highest BCUT2D eigenvalue weighted by Gasteiger charge is 2.13. The minimum Gasteiger partial charge on any atom is -0.381 e. The second-order valence-corrected chi connectivity index (χ2v) is 5.24. The number of amides is 1. The summed E-state index contributed by atoms with van der Waals surface area (Å²) in [5, 5.41) is 2.88.